The number of carbonyl (C=O) groups is 2. The number of para-hydroxylation sites is 2. The van der Waals surface area contributed by atoms with E-state index in [-0.39, 0.29) is 11.7 Å². The Bertz CT molecular complexity index is 874. The highest BCUT2D eigenvalue weighted by atomic mass is 16.3. The molecule has 4 N–H and O–H groups in total. The first-order valence-corrected chi connectivity index (χ1v) is 7.90. The quantitative estimate of drug-likeness (QED) is 0.694. The summed E-state index contributed by atoms with van der Waals surface area (Å²) in [6.45, 7) is 3.57. The molecule has 3 amide bonds. The van der Waals surface area contributed by atoms with Crippen LogP contribution in [0.15, 0.2) is 59.8 Å². The summed E-state index contributed by atoms with van der Waals surface area (Å²) in [6, 6.07) is 12.9. The van der Waals surface area contributed by atoms with E-state index in [1.165, 1.54) is 6.07 Å². The molecule has 0 saturated heterocycles. The molecule has 128 valence electrons. The standard InChI is InChI=1S/C19H19N3O3/c1-11-7-3-5-9-14(11)21-18(24)16-12(2)20-19(25)22-17(16)13-8-4-6-10-15(13)23/h3-10,17,23H,1-2H3,(H,21,24)(H2,20,22,25). The molecule has 1 atom stereocenters. The van der Waals surface area contributed by atoms with Gasteiger partial charge in [0.05, 0.1) is 11.6 Å². The van der Waals surface area contributed by atoms with E-state index in [9.17, 15) is 14.7 Å². The lowest BCUT2D eigenvalue weighted by Crippen LogP contribution is -2.46. The molecule has 25 heavy (non-hydrogen) atoms. The van der Waals surface area contributed by atoms with Crippen LogP contribution < -0.4 is 16.0 Å². The summed E-state index contributed by atoms with van der Waals surface area (Å²) in [5.74, 6) is -0.323. The molecule has 6 heteroatoms. The van der Waals surface area contributed by atoms with Gasteiger partial charge in [0.15, 0.2) is 0 Å². The predicted octanol–water partition coefficient (Wildman–Crippen LogP) is 2.97. The second kappa shape index (κ2) is 6.68. The average molecular weight is 337 g/mol. The molecule has 0 aliphatic carbocycles. The van der Waals surface area contributed by atoms with Gasteiger partial charge in [-0.2, -0.15) is 0 Å². The molecule has 0 spiro atoms. The van der Waals surface area contributed by atoms with Crippen LogP contribution in [0.4, 0.5) is 10.5 Å². The van der Waals surface area contributed by atoms with E-state index >= 15 is 0 Å². The van der Waals surface area contributed by atoms with Gasteiger partial charge in [0, 0.05) is 16.9 Å². The lowest BCUT2D eigenvalue weighted by molar-refractivity contribution is -0.113. The SMILES string of the molecule is CC1=C(C(=O)Nc2ccccc2C)C(c2ccccc2O)NC(=O)N1. The number of urea groups is 1. The number of nitrogens with one attached hydrogen (secondary N) is 3. The van der Waals surface area contributed by atoms with Gasteiger partial charge in [0.1, 0.15) is 5.75 Å². The second-order valence-corrected chi connectivity index (χ2v) is 5.90. The summed E-state index contributed by atoms with van der Waals surface area (Å²) < 4.78 is 0. The maximum Gasteiger partial charge on any atom is 0.319 e. The van der Waals surface area contributed by atoms with Crippen molar-refractivity contribution in [2.75, 3.05) is 5.32 Å². The highest BCUT2D eigenvalue weighted by Gasteiger charge is 2.32. The van der Waals surface area contributed by atoms with Crippen LogP contribution in [0.25, 0.3) is 0 Å². The molecule has 1 aliphatic heterocycles. The third kappa shape index (κ3) is 3.33. The lowest BCUT2D eigenvalue weighted by atomic mass is 9.94. The number of rotatable bonds is 3. The monoisotopic (exact) mass is 337 g/mol. The summed E-state index contributed by atoms with van der Waals surface area (Å²) in [5.41, 5.74) is 2.89. The molecule has 0 aromatic heterocycles. The summed E-state index contributed by atoms with van der Waals surface area (Å²) >= 11 is 0. The molecule has 3 rings (SSSR count). The molecular formula is C19H19N3O3. The van der Waals surface area contributed by atoms with E-state index in [2.05, 4.69) is 16.0 Å². The molecule has 2 aromatic carbocycles. The number of aromatic hydroxyl groups is 1. The fourth-order valence-corrected chi connectivity index (χ4v) is 2.86. The van der Waals surface area contributed by atoms with Gasteiger partial charge in [-0.3, -0.25) is 4.79 Å². The maximum absolute atomic E-state index is 12.9. The Labute approximate surface area is 145 Å². The van der Waals surface area contributed by atoms with Crippen LogP contribution in [0.5, 0.6) is 5.75 Å². The fourth-order valence-electron chi connectivity index (χ4n) is 2.86. The average Bonchev–Trinajstić information content (AvgIpc) is 2.56. The lowest BCUT2D eigenvalue weighted by Gasteiger charge is -2.29. The number of phenols is 1. The third-order valence-electron chi connectivity index (χ3n) is 4.15. The van der Waals surface area contributed by atoms with Crippen molar-refractivity contribution in [3.05, 3.63) is 70.9 Å². The first-order chi connectivity index (χ1) is 12.0. The number of phenolic OH excluding ortho intramolecular Hbond substituents is 1. The van der Waals surface area contributed by atoms with Crippen LogP contribution in [0.1, 0.15) is 24.1 Å². The van der Waals surface area contributed by atoms with Gasteiger partial charge in [-0.05, 0) is 31.5 Å². The van der Waals surface area contributed by atoms with Crippen LogP contribution in [-0.2, 0) is 4.79 Å². The first kappa shape index (κ1) is 16.6. The van der Waals surface area contributed by atoms with Crippen LogP contribution in [-0.4, -0.2) is 17.0 Å². The van der Waals surface area contributed by atoms with Crippen molar-refractivity contribution >= 4 is 17.6 Å². The maximum atomic E-state index is 12.9. The van der Waals surface area contributed by atoms with Gasteiger partial charge in [-0.25, -0.2) is 4.79 Å². The molecule has 6 nitrogen and oxygen atoms in total. The number of amides is 3. The molecule has 0 radical (unpaired) electrons. The number of anilines is 1. The Morgan fingerprint density at radius 3 is 2.48 bits per heavy atom. The molecule has 0 bridgehead atoms. The number of aryl methyl sites for hydroxylation is 1. The number of hydrogen-bond acceptors (Lipinski definition) is 3. The van der Waals surface area contributed by atoms with Crippen LogP contribution >= 0.6 is 0 Å². The highest BCUT2D eigenvalue weighted by Crippen LogP contribution is 2.32. The molecule has 0 fully saturated rings. The zero-order valence-electron chi connectivity index (χ0n) is 14.0. The van der Waals surface area contributed by atoms with Crippen LogP contribution in [0.3, 0.4) is 0 Å². The molecule has 1 aliphatic rings. The van der Waals surface area contributed by atoms with Crippen molar-refractivity contribution in [3.8, 4) is 5.75 Å². The Kier molecular flexibility index (Phi) is 4.43. The van der Waals surface area contributed by atoms with E-state index in [0.29, 0.717) is 22.5 Å². The number of benzene rings is 2. The van der Waals surface area contributed by atoms with Gasteiger partial charge < -0.3 is 21.1 Å². The summed E-state index contributed by atoms with van der Waals surface area (Å²) in [5, 5.41) is 18.3. The Morgan fingerprint density at radius 2 is 1.76 bits per heavy atom. The normalized spacial score (nSPS) is 16.9. The van der Waals surface area contributed by atoms with Crippen molar-refractivity contribution in [1.29, 1.82) is 0 Å². The number of carbonyl (C=O) groups excluding carboxylic acids is 2. The molecule has 1 heterocycles. The second-order valence-electron chi connectivity index (χ2n) is 5.90. The Balaban J connectivity index is 1.99. The first-order valence-electron chi connectivity index (χ1n) is 7.90. The summed E-state index contributed by atoms with van der Waals surface area (Å²) in [6.07, 6.45) is 0. The number of hydrogen-bond donors (Lipinski definition) is 4. The smallest absolute Gasteiger partial charge is 0.319 e. The minimum absolute atomic E-state index is 0.0173. The number of allylic oxidation sites excluding steroid dienone is 1. The minimum Gasteiger partial charge on any atom is -0.508 e. The molecule has 1 unspecified atom stereocenters. The Morgan fingerprint density at radius 1 is 1.08 bits per heavy atom. The van der Waals surface area contributed by atoms with Crippen molar-refractivity contribution in [3.63, 3.8) is 0 Å². The van der Waals surface area contributed by atoms with Crippen LogP contribution in [0.2, 0.25) is 0 Å². The Hall–Kier alpha value is -3.28. The molecular weight excluding hydrogens is 318 g/mol. The van der Waals surface area contributed by atoms with Gasteiger partial charge in [-0.15, -0.1) is 0 Å². The zero-order valence-corrected chi connectivity index (χ0v) is 14.0. The summed E-state index contributed by atoms with van der Waals surface area (Å²) in [7, 11) is 0. The van der Waals surface area contributed by atoms with E-state index in [4.69, 9.17) is 0 Å². The third-order valence-corrected chi connectivity index (χ3v) is 4.15. The largest absolute Gasteiger partial charge is 0.508 e. The predicted molar refractivity (Wildman–Crippen MR) is 95.0 cm³/mol. The van der Waals surface area contributed by atoms with Crippen LogP contribution in [0, 0.1) is 6.92 Å². The highest BCUT2D eigenvalue weighted by molar-refractivity contribution is 6.07. The van der Waals surface area contributed by atoms with Crippen molar-refractivity contribution < 1.29 is 14.7 Å². The molecule has 0 saturated carbocycles. The van der Waals surface area contributed by atoms with Crippen molar-refractivity contribution in [2.24, 2.45) is 0 Å². The van der Waals surface area contributed by atoms with Gasteiger partial charge in [0.2, 0.25) is 0 Å². The molecule has 2 aromatic rings. The van der Waals surface area contributed by atoms with Gasteiger partial charge in [0.25, 0.3) is 5.91 Å². The fraction of sp³-hybridized carbons (Fsp3) is 0.158. The van der Waals surface area contributed by atoms with E-state index in [1.807, 2.05) is 31.2 Å². The summed E-state index contributed by atoms with van der Waals surface area (Å²) in [4.78, 5) is 24.8. The van der Waals surface area contributed by atoms with Crippen molar-refractivity contribution in [1.82, 2.24) is 10.6 Å². The van der Waals surface area contributed by atoms with E-state index < -0.39 is 12.1 Å². The van der Waals surface area contributed by atoms with Gasteiger partial charge >= 0.3 is 6.03 Å². The van der Waals surface area contributed by atoms with Gasteiger partial charge in [-0.1, -0.05) is 36.4 Å². The zero-order chi connectivity index (χ0) is 18.0. The minimum atomic E-state index is -0.737. The van der Waals surface area contributed by atoms with E-state index in [1.54, 1.807) is 25.1 Å². The topological polar surface area (TPSA) is 90.5 Å². The van der Waals surface area contributed by atoms with E-state index in [0.717, 1.165) is 5.56 Å². The van der Waals surface area contributed by atoms with Crippen molar-refractivity contribution in [2.45, 2.75) is 19.9 Å².